The zero-order chi connectivity index (χ0) is 17.2. The highest BCUT2D eigenvalue weighted by Gasteiger charge is 2.31. The van der Waals surface area contributed by atoms with Crippen molar-refractivity contribution in [3.8, 4) is 0 Å². The van der Waals surface area contributed by atoms with Crippen LogP contribution in [-0.4, -0.2) is 70.5 Å². The SMILES string of the molecule is O=C(Cc1ccc2nc[nH]c2c1)N1CCN(C(=O)C2CCCO2)CC1. The fourth-order valence-electron chi connectivity index (χ4n) is 3.53. The van der Waals surface area contributed by atoms with Gasteiger partial charge in [0.2, 0.25) is 5.91 Å². The van der Waals surface area contributed by atoms with Crippen LogP contribution >= 0.6 is 0 Å². The van der Waals surface area contributed by atoms with Gasteiger partial charge >= 0.3 is 0 Å². The summed E-state index contributed by atoms with van der Waals surface area (Å²) in [7, 11) is 0. The Balaban J connectivity index is 1.32. The molecule has 2 aliphatic heterocycles. The van der Waals surface area contributed by atoms with E-state index in [0.717, 1.165) is 29.4 Å². The second-order valence-electron chi connectivity index (χ2n) is 6.64. The lowest BCUT2D eigenvalue weighted by Crippen LogP contribution is -2.53. The quantitative estimate of drug-likeness (QED) is 0.901. The molecule has 0 radical (unpaired) electrons. The molecule has 1 N–H and O–H groups in total. The lowest BCUT2D eigenvalue weighted by atomic mass is 10.1. The number of hydrogen-bond acceptors (Lipinski definition) is 4. The molecule has 25 heavy (non-hydrogen) atoms. The molecule has 0 spiro atoms. The van der Waals surface area contributed by atoms with Crippen LogP contribution in [0.3, 0.4) is 0 Å². The van der Waals surface area contributed by atoms with Gasteiger partial charge in [0.25, 0.3) is 5.91 Å². The van der Waals surface area contributed by atoms with Crippen molar-refractivity contribution in [3.63, 3.8) is 0 Å². The Labute approximate surface area is 146 Å². The van der Waals surface area contributed by atoms with Crippen LogP contribution in [0.25, 0.3) is 11.0 Å². The molecule has 4 rings (SSSR count). The van der Waals surface area contributed by atoms with Crippen molar-refractivity contribution in [1.29, 1.82) is 0 Å². The molecule has 0 saturated carbocycles. The summed E-state index contributed by atoms with van der Waals surface area (Å²) in [5, 5.41) is 0. The number of piperazine rings is 1. The first-order valence-electron chi connectivity index (χ1n) is 8.81. The molecule has 0 aliphatic carbocycles. The molecule has 2 fully saturated rings. The highest BCUT2D eigenvalue weighted by atomic mass is 16.5. The van der Waals surface area contributed by atoms with Crippen LogP contribution < -0.4 is 0 Å². The Morgan fingerprint density at radius 1 is 1.20 bits per heavy atom. The fraction of sp³-hybridized carbons (Fsp3) is 0.500. The third-order valence-electron chi connectivity index (χ3n) is 4.99. The molecule has 2 amide bonds. The zero-order valence-electron chi connectivity index (χ0n) is 14.1. The van der Waals surface area contributed by atoms with Gasteiger partial charge < -0.3 is 19.5 Å². The number of aromatic nitrogens is 2. The van der Waals surface area contributed by atoms with E-state index < -0.39 is 0 Å². The number of aromatic amines is 1. The maximum atomic E-state index is 12.5. The Kier molecular flexibility index (Phi) is 4.40. The molecule has 7 nitrogen and oxygen atoms in total. The van der Waals surface area contributed by atoms with Crippen molar-refractivity contribution < 1.29 is 14.3 Å². The van der Waals surface area contributed by atoms with Crippen molar-refractivity contribution >= 4 is 22.8 Å². The van der Waals surface area contributed by atoms with E-state index in [1.807, 2.05) is 28.0 Å². The van der Waals surface area contributed by atoms with Gasteiger partial charge in [-0.05, 0) is 30.5 Å². The summed E-state index contributed by atoms with van der Waals surface area (Å²) in [6.45, 7) is 3.02. The largest absolute Gasteiger partial charge is 0.368 e. The highest BCUT2D eigenvalue weighted by Crippen LogP contribution is 2.17. The Hall–Kier alpha value is -2.41. The number of carbonyl (C=O) groups is 2. The van der Waals surface area contributed by atoms with E-state index in [1.54, 1.807) is 6.33 Å². The number of benzene rings is 1. The predicted octanol–water partition coefficient (Wildman–Crippen LogP) is 0.955. The number of carbonyl (C=O) groups excluding carboxylic acids is 2. The number of rotatable bonds is 3. The first-order valence-corrected chi connectivity index (χ1v) is 8.81. The van der Waals surface area contributed by atoms with Gasteiger partial charge in [0.1, 0.15) is 6.10 Å². The van der Waals surface area contributed by atoms with Crippen molar-refractivity contribution in [2.75, 3.05) is 32.8 Å². The lowest BCUT2D eigenvalue weighted by molar-refractivity contribution is -0.145. The number of imidazole rings is 1. The number of fused-ring (bicyclic) bond motifs is 1. The third-order valence-corrected chi connectivity index (χ3v) is 4.99. The molecule has 2 saturated heterocycles. The summed E-state index contributed by atoms with van der Waals surface area (Å²) in [4.78, 5) is 35.8. The average Bonchev–Trinajstić information content (AvgIpc) is 3.32. The van der Waals surface area contributed by atoms with Gasteiger partial charge in [-0.15, -0.1) is 0 Å². The number of amides is 2. The van der Waals surface area contributed by atoms with Crippen molar-refractivity contribution in [1.82, 2.24) is 19.8 Å². The summed E-state index contributed by atoms with van der Waals surface area (Å²) >= 11 is 0. The number of hydrogen-bond donors (Lipinski definition) is 1. The number of nitrogens with zero attached hydrogens (tertiary/aromatic N) is 3. The molecule has 1 atom stereocenters. The Morgan fingerprint density at radius 3 is 2.76 bits per heavy atom. The minimum absolute atomic E-state index is 0.0781. The molecule has 7 heteroatoms. The Bertz CT molecular complexity index is 773. The molecule has 2 aromatic rings. The smallest absolute Gasteiger partial charge is 0.251 e. The van der Waals surface area contributed by atoms with Crippen molar-refractivity contribution in [2.45, 2.75) is 25.4 Å². The topological polar surface area (TPSA) is 78.5 Å². The Morgan fingerprint density at radius 2 is 2.00 bits per heavy atom. The first kappa shape index (κ1) is 16.1. The number of H-pyrrole nitrogens is 1. The van der Waals surface area contributed by atoms with Crippen LogP contribution in [0.15, 0.2) is 24.5 Å². The second-order valence-corrected chi connectivity index (χ2v) is 6.64. The minimum atomic E-state index is -0.275. The normalized spacial score (nSPS) is 21.0. The van der Waals surface area contributed by atoms with Crippen LogP contribution in [0.5, 0.6) is 0 Å². The van der Waals surface area contributed by atoms with Gasteiger partial charge in [-0.2, -0.15) is 0 Å². The number of ether oxygens (including phenoxy) is 1. The van der Waals surface area contributed by atoms with Crippen LogP contribution in [0, 0.1) is 0 Å². The minimum Gasteiger partial charge on any atom is -0.368 e. The average molecular weight is 342 g/mol. The van der Waals surface area contributed by atoms with Crippen LogP contribution in [0.1, 0.15) is 18.4 Å². The van der Waals surface area contributed by atoms with Crippen LogP contribution in [0.4, 0.5) is 0 Å². The van der Waals surface area contributed by atoms with Gasteiger partial charge in [0.15, 0.2) is 0 Å². The highest BCUT2D eigenvalue weighted by molar-refractivity contribution is 5.83. The van der Waals surface area contributed by atoms with Gasteiger partial charge in [-0.3, -0.25) is 9.59 Å². The summed E-state index contributed by atoms with van der Waals surface area (Å²) in [6, 6.07) is 5.84. The van der Waals surface area contributed by atoms with E-state index >= 15 is 0 Å². The lowest BCUT2D eigenvalue weighted by Gasteiger charge is -2.35. The molecule has 1 unspecified atom stereocenters. The molecular formula is C18H22N4O3. The van der Waals surface area contributed by atoms with E-state index in [0.29, 0.717) is 39.2 Å². The van der Waals surface area contributed by atoms with Crippen molar-refractivity contribution in [3.05, 3.63) is 30.1 Å². The van der Waals surface area contributed by atoms with Crippen molar-refractivity contribution in [2.24, 2.45) is 0 Å². The van der Waals surface area contributed by atoms with Gasteiger partial charge in [0, 0.05) is 32.8 Å². The third kappa shape index (κ3) is 3.37. The summed E-state index contributed by atoms with van der Waals surface area (Å²) in [5.74, 6) is 0.178. The van der Waals surface area contributed by atoms with E-state index in [-0.39, 0.29) is 17.9 Å². The zero-order valence-corrected chi connectivity index (χ0v) is 14.1. The second kappa shape index (κ2) is 6.84. The molecular weight excluding hydrogens is 320 g/mol. The number of nitrogens with one attached hydrogen (secondary N) is 1. The first-order chi connectivity index (χ1) is 12.2. The van der Waals surface area contributed by atoms with Gasteiger partial charge in [0.05, 0.1) is 23.8 Å². The van der Waals surface area contributed by atoms with Gasteiger partial charge in [-0.1, -0.05) is 6.07 Å². The van der Waals surface area contributed by atoms with E-state index in [1.165, 1.54) is 0 Å². The van der Waals surface area contributed by atoms with E-state index in [4.69, 9.17) is 4.74 Å². The molecule has 132 valence electrons. The van der Waals surface area contributed by atoms with E-state index in [9.17, 15) is 9.59 Å². The molecule has 2 aliphatic rings. The molecule has 0 bridgehead atoms. The maximum absolute atomic E-state index is 12.5. The maximum Gasteiger partial charge on any atom is 0.251 e. The van der Waals surface area contributed by atoms with Crippen LogP contribution in [-0.2, 0) is 20.7 Å². The monoisotopic (exact) mass is 342 g/mol. The van der Waals surface area contributed by atoms with Gasteiger partial charge in [-0.25, -0.2) is 4.98 Å². The summed E-state index contributed by atoms with van der Waals surface area (Å²) < 4.78 is 5.47. The summed E-state index contributed by atoms with van der Waals surface area (Å²) in [5.41, 5.74) is 2.81. The standard InChI is InChI=1S/C18H22N4O3/c23-17(11-13-3-4-14-15(10-13)20-12-19-14)21-5-7-22(8-6-21)18(24)16-2-1-9-25-16/h3-4,10,12,16H,1-2,5-9,11H2,(H,19,20). The predicted molar refractivity (Wildman–Crippen MR) is 91.9 cm³/mol. The van der Waals surface area contributed by atoms with E-state index in [2.05, 4.69) is 9.97 Å². The fourth-order valence-corrected chi connectivity index (χ4v) is 3.53. The molecule has 3 heterocycles. The molecule has 1 aromatic heterocycles. The summed E-state index contributed by atoms with van der Waals surface area (Å²) in [6.07, 6.45) is 3.52. The van der Waals surface area contributed by atoms with Crippen LogP contribution in [0.2, 0.25) is 0 Å². The molecule has 1 aromatic carbocycles.